The second-order valence-corrected chi connectivity index (χ2v) is 5.83. The van der Waals surface area contributed by atoms with Crippen LogP contribution in [0.5, 0.6) is 0 Å². The summed E-state index contributed by atoms with van der Waals surface area (Å²) in [6, 6.07) is 0. The third-order valence-electron chi connectivity index (χ3n) is 3.01. The molecule has 0 atom stereocenters. The molecule has 1 saturated carbocycles. The number of hydrogen-bond donors (Lipinski definition) is 1. The second-order valence-electron chi connectivity index (χ2n) is 5.27. The van der Waals surface area contributed by atoms with Crippen molar-refractivity contribution >= 4 is 21.8 Å². The zero-order valence-electron chi connectivity index (χ0n) is 9.81. The summed E-state index contributed by atoms with van der Waals surface area (Å²) in [5, 5.41) is 3.87. The van der Waals surface area contributed by atoms with Crippen LogP contribution in [-0.2, 0) is 4.79 Å². The van der Waals surface area contributed by atoms with Crippen LogP contribution in [0.4, 0.5) is 0 Å². The van der Waals surface area contributed by atoms with Crippen molar-refractivity contribution in [3.63, 3.8) is 0 Å². The lowest BCUT2D eigenvalue weighted by Crippen LogP contribution is -2.45. The number of halogens is 1. The molecule has 2 nitrogen and oxygen atoms in total. The van der Waals surface area contributed by atoms with E-state index in [1.54, 1.807) is 0 Å². The maximum absolute atomic E-state index is 11.8. The molecule has 1 aliphatic carbocycles. The van der Waals surface area contributed by atoms with Gasteiger partial charge in [-0.2, -0.15) is 0 Å². The van der Waals surface area contributed by atoms with Gasteiger partial charge in [0.1, 0.15) is 0 Å². The molecule has 0 unspecified atom stereocenters. The van der Waals surface area contributed by atoms with Gasteiger partial charge in [0.25, 0.3) is 0 Å². The Balaban J connectivity index is 2.28. The van der Waals surface area contributed by atoms with Crippen molar-refractivity contribution in [3.05, 3.63) is 0 Å². The van der Waals surface area contributed by atoms with E-state index in [-0.39, 0.29) is 11.4 Å². The highest BCUT2D eigenvalue weighted by atomic mass is 79.9. The first-order chi connectivity index (χ1) is 7.03. The van der Waals surface area contributed by atoms with Crippen LogP contribution in [0.2, 0.25) is 0 Å². The van der Waals surface area contributed by atoms with E-state index in [9.17, 15) is 4.79 Å². The van der Waals surface area contributed by atoms with Crippen LogP contribution >= 0.6 is 15.9 Å². The maximum atomic E-state index is 11.8. The van der Waals surface area contributed by atoms with Gasteiger partial charge >= 0.3 is 0 Å². The molecule has 0 aromatic heterocycles. The Hall–Kier alpha value is -0.0500. The van der Waals surface area contributed by atoms with Crippen molar-refractivity contribution in [1.29, 1.82) is 0 Å². The van der Waals surface area contributed by atoms with Crippen LogP contribution in [0.15, 0.2) is 0 Å². The zero-order chi connectivity index (χ0) is 11.3. The summed E-state index contributed by atoms with van der Waals surface area (Å²) >= 11 is 3.41. The minimum atomic E-state index is -0.119. The van der Waals surface area contributed by atoms with E-state index in [1.165, 1.54) is 32.1 Å². The Labute approximate surface area is 101 Å². The Morgan fingerprint density at radius 1 is 1.33 bits per heavy atom. The van der Waals surface area contributed by atoms with E-state index in [1.807, 2.05) is 13.8 Å². The van der Waals surface area contributed by atoms with Gasteiger partial charge in [-0.05, 0) is 32.6 Å². The summed E-state index contributed by atoms with van der Waals surface area (Å²) in [6.07, 6.45) is 7.16. The van der Waals surface area contributed by atoms with E-state index < -0.39 is 0 Å². The van der Waals surface area contributed by atoms with Crippen LogP contribution in [-0.4, -0.2) is 16.8 Å². The van der Waals surface area contributed by atoms with Crippen molar-refractivity contribution in [3.8, 4) is 0 Å². The minimum absolute atomic E-state index is 0.119. The van der Waals surface area contributed by atoms with Gasteiger partial charge in [-0.15, -0.1) is 0 Å². The topological polar surface area (TPSA) is 29.1 Å². The zero-order valence-corrected chi connectivity index (χ0v) is 11.4. The van der Waals surface area contributed by atoms with Crippen molar-refractivity contribution in [2.45, 2.75) is 57.9 Å². The van der Waals surface area contributed by atoms with Crippen molar-refractivity contribution in [2.24, 2.45) is 5.92 Å². The predicted molar refractivity (Wildman–Crippen MR) is 67.2 cm³/mol. The molecule has 0 bridgehead atoms. The SMILES string of the molecule is CC(C)(CBr)NC(=O)CC1CCCCC1. The van der Waals surface area contributed by atoms with Crippen molar-refractivity contribution < 1.29 is 4.79 Å². The lowest BCUT2D eigenvalue weighted by molar-refractivity contribution is -0.123. The molecule has 0 saturated heterocycles. The monoisotopic (exact) mass is 275 g/mol. The Morgan fingerprint density at radius 2 is 1.93 bits per heavy atom. The minimum Gasteiger partial charge on any atom is -0.350 e. The fourth-order valence-corrected chi connectivity index (χ4v) is 2.26. The number of carbonyl (C=O) groups excluding carboxylic acids is 1. The predicted octanol–water partition coefficient (Wildman–Crippen LogP) is 3.25. The normalized spacial score (nSPS) is 18.9. The number of carbonyl (C=O) groups is 1. The third-order valence-corrected chi connectivity index (χ3v) is 4.41. The number of nitrogens with one attached hydrogen (secondary N) is 1. The van der Waals surface area contributed by atoms with E-state index in [4.69, 9.17) is 0 Å². The molecular formula is C12H22BrNO. The summed E-state index contributed by atoms with van der Waals surface area (Å²) in [5.41, 5.74) is -0.119. The van der Waals surface area contributed by atoms with Crippen molar-refractivity contribution in [2.75, 3.05) is 5.33 Å². The Kier molecular flexibility index (Phi) is 5.10. The third kappa shape index (κ3) is 5.01. The molecule has 1 fully saturated rings. The molecule has 15 heavy (non-hydrogen) atoms. The quantitative estimate of drug-likeness (QED) is 0.785. The molecule has 3 heteroatoms. The van der Waals surface area contributed by atoms with Gasteiger partial charge in [-0.3, -0.25) is 4.79 Å². The lowest BCUT2D eigenvalue weighted by atomic mass is 9.86. The molecule has 0 aromatic carbocycles. The van der Waals surface area contributed by atoms with Crippen LogP contribution in [0, 0.1) is 5.92 Å². The van der Waals surface area contributed by atoms with Crippen LogP contribution in [0.3, 0.4) is 0 Å². The van der Waals surface area contributed by atoms with Gasteiger partial charge in [0.05, 0.1) is 0 Å². The summed E-state index contributed by atoms with van der Waals surface area (Å²) in [5.74, 6) is 0.844. The van der Waals surface area contributed by atoms with E-state index in [0.29, 0.717) is 5.92 Å². The molecular weight excluding hydrogens is 254 g/mol. The average molecular weight is 276 g/mol. The molecule has 0 radical (unpaired) electrons. The second kappa shape index (κ2) is 5.88. The molecule has 1 aliphatic rings. The van der Waals surface area contributed by atoms with Crippen LogP contribution in [0.25, 0.3) is 0 Å². The molecule has 0 aromatic rings. The fraction of sp³-hybridized carbons (Fsp3) is 0.917. The van der Waals surface area contributed by atoms with Gasteiger partial charge < -0.3 is 5.32 Å². The average Bonchev–Trinajstić information content (AvgIpc) is 2.18. The molecule has 88 valence electrons. The first-order valence-corrected chi connectivity index (χ1v) is 7.02. The summed E-state index contributed by atoms with van der Waals surface area (Å²) in [6.45, 7) is 4.08. The van der Waals surface area contributed by atoms with E-state index in [0.717, 1.165) is 11.8 Å². The van der Waals surface area contributed by atoms with Gasteiger partial charge in [0, 0.05) is 17.3 Å². The smallest absolute Gasteiger partial charge is 0.220 e. The lowest BCUT2D eigenvalue weighted by Gasteiger charge is -2.26. The van der Waals surface area contributed by atoms with Gasteiger partial charge in [-0.1, -0.05) is 35.2 Å². The summed E-state index contributed by atoms with van der Waals surface area (Å²) in [7, 11) is 0. The number of alkyl halides is 1. The molecule has 1 N–H and O–H groups in total. The Bertz CT molecular complexity index is 210. The van der Waals surface area contributed by atoms with Gasteiger partial charge in [0.15, 0.2) is 0 Å². The van der Waals surface area contributed by atoms with Gasteiger partial charge in [0.2, 0.25) is 5.91 Å². The molecule has 0 aliphatic heterocycles. The van der Waals surface area contributed by atoms with Crippen molar-refractivity contribution in [1.82, 2.24) is 5.32 Å². The largest absolute Gasteiger partial charge is 0.350 e. The molecule has 1 amide bonds. The molecule has 1 rings (SSSR count). The first-order valence-electron chi connectivity index (χ1n) is 5.90. The van der Waals surface area contributed by atoms with E-state index >= 15 is 0 Å². The number of rotatable bonds is 4. The maximum Gasteiger partial charge on any atom is 0.220 e. The number of hydrogen-bond acceptors (Lipinski definition) is 1. The fourth-order valence-electron chi connectivity index (χ4n) is 2.12. The molecule has 0 heterocycles. The Morgan fingerprint density at radius 3 is 2.47 bits per heavy atom. The van der Waals surface area contributed by atoms with E-state index in [2.05, 4.69) is 21.2 Å². The molecule has 0 spiro atoms. The van der Waals surface area contributed by atoms with Crippen LogP contribution in [0.1, 0.15) is 52.4 Å². The van der Waals surface area contributed by atoms with Crippen LogP contribution < -0.4 is 5.32 Å². The highest BCUT2D eigenvalue weighted by Gasteiger charge is 2.22. The standard InChI is InChI=1S/C12H22BrNO/c1-12(2,9-13)14-11(15)8-10-6-4-3-5-7-10/h10H,3-9H2,1-2H3,(H,14,15). The highest BCUT2D eigenvalue weighted by Crippen LogP contribution is 2.26. The van der Waals surface area contributed by atoms with Gasteiger partial charge in [-0.25, -0.2) is 0 Å². The first kappa shape index (κ1) is 13.0. The summed E-state index contributed by atoms with van der Waals surface area (Å²) in [4.78, 5) is 11.8. The number of amides is 1. The summed E-state index contributed by atoms with van der Waals surface area (Å²) < 4.78 is 0. The highest BCUT2D eigenvalue weighted by molar-refractivity contribution is 9.09.